The average Bonchev–Trinajstić information content (AvgIpc) is 3.36. The predicted octanol–water partition coefficient (Wildman–Crippen LogP) is 5.69. The molecule has 2 fully saturated rings. The van der Waals surface area contributed by atoms with Crippen molar-refractivity contribution in [2.24, 2.45) is 5.92 Å². The number of benzene rings is 1. The smallest absolute Gasteiger partial charge is 0.145 e. The number of nitrogens with one attached hydrogen (secondary N) is 2. The first-order chi connectivity index (χ1) is 18.4. The second-order valence-corrected chi connectivity index (χ2v) is 11.6. The van der Waals surface area contributed by atoms with E-state index in [1.165, 1.54) is 12.8 Å². The van der Waals surface area contributed by atoms with Crippen molar-refractivity contribution >= 4 is 88.3 Å². The summed E-state index contributed by atoms with van der Waals surface area (Å²) >= 11 is 12.2. The number of hydrogen-bond acceptors (Lipinski definition) is 7. The summed E-state index contributed by atoms with van der Waals surface area (Å²) < 4.78 is 2.01. The molecule has 3 aromatic heterocycles. The SMILES string of the molecule is CN(CCCCc1nc2cc(Cl)c(Cl)cc2[nH]1)CC1C[C@@H](n2ccc3c(NC4CC4)ncnc32)[C@H](O)[C@@H]1O.Cl.Cl.Cl. The lowest BCUT2D eigenvalue weighted by atomic mass is 10.0. The zero-order chi connectivity index (χ0) is 26.4. The third-order valence-electron chi connectivity index (χ3n) is 7.88. The zero-order valence-electron chi connectivity index (χ0n) is 22.5. The Labute approximate surface area is 267 Å². The number of aryl methyl sites for hydroxylation is 1. The summed E-state index contributed by atoms with van der Waals surface area (Å²) in [5, 5.41) is 27.3. The third kappa shape index (κ3) is 7.33. The monoisotopic (exact) mass is 665 g/mol. The maximum atomic E-state index is 11.0. The fraction of sp³-hybridized carbons (Fsp3) is 0.519. The van der Waals surface area contributed by atoms with E-state index in [9.17, 15) is 10.2 Å². The van der Waals surface area contributed by atoms with Crippen LogP contribution in [0.1, 0.15) is 44.0 Å². The Kier molecular flexibility index (Phi) is 11.8. The van der Waals surface area contributed by atoms with Crippen molar-refractivity contribution < 1.29 is 10.2 Å². The van der Waals surface area contributed by atoms with Gasteiger partial charge in [-0.3, -0.25) is 0 Å². The van der Waals surface area contributed by atoms with Crippen molar-refractivity contribution in [2.75, 3.05) is 25.5 Å². The minimum absolute atomic E-state index is 0. The van der Waals surface area contributed by atoms with Gasteiger partial charge in [-0.05, 0) is 63.9 Å². The van der Waals surface area contributed by atoms with E-state index in [-0.39, 0.29) is 49.2 Å². The van der Waals surface area contributed by atoms with Crippen LogP contribution < -0.4 is 5.32 Å². The van der Waals surface area contributed by atoms with E-state index in [2.05, 4.69) is 37.2 Å². The molecule has 2 aliphatic rings. The maximum absolute atomic E-state index is 11.0. The number of aromatic nitrogens is 5. The second kappa shape index (κ2) is 14.3. The molecule has 0 saturated heterocycles. The summed E-state index contributed by atoms with van der Waals surface area (Å²) in [6.07, 6.45) is 7.76. The molecule has 0 bridgehead atoms. The fourth-order valence-corrected chi connectivity index (χ4v) is 5.99. The molecule has 226 valence electrons. The Morgan fingerprint density at radius 1 is 1.07 bits per heavy atom. The molecule has 0 amide bonds. The molecule has 6 rings (SSSR count). The van der Waals surface area contributed by atoms with Gasteiger partial charge >= 0.3 is 0 Å². The average molecular weight is 668 g/mol. The Hall–Kier alpha value is -1.56. The summed E-state index contributed by atoms with van der Waals surface area (Å²) in [6, 6.07) is 5.87. The Bertz CT molecular complexity index is 1410. The van der Waals surface area contributed by atoms with Crippen LogP contribution in [0.5, 0.6) is 0 Å². The van der Waals surface area contributed by atoms with Gasteiger partial charge < -0.3 is 30.0 Å². The molecular formula is C27H36Cl5N7O2. The minimum atomic E-state index is -0.839. The summed E-state index contributed by atoms with van der Waals surface area (Å²) in [7, 11) is 2.08. The summed E-state index contributed by atoms with van der Waals surface area (Å²) in [5.74, 6) is 1.75. The molecule has 2 aliphatic carbocycles. The molecule has 4 aromatic rings. The Balaban J connectivity index is 0.00000154. The number of aromatic amines is 1. The van der Waals surface area contributed by atoms with Crippen LogP contribution in [0.2, 0.25) is 10.0 Å². The molecule has 1 aromatic carbocycles. The van der Waals surface area contributed by atoms with Gasteiger partial charge in [0.05, 0.1) is 38.6 Å². The van der Waals surface area contributed by atoms with Crippen LogP contribution in [0.25, 0.3) is 22.1 Å². The van der Waals surface area contributed by atoms with Crippen molar-refractivity contribution in [3.05, 3.63) is 46.6 Å². The van der Waals surface area contributed by atoms with Gasteiger partial charge in [0.1, 0.15) is 29.7 Å². The van der Waals surface area contributed by atoms with Crippen LogP contribution in [-0.4, -0.2) is 78.0 Å². The molecule has 2 saturated carbocycles. The van der Waals surface area contributed by atoms with Crippen molar-refractivity contribution in [1.29, 1.82) is 0 Å². The largest absolute Gasteiger partial charge is 0.390 e. The number of halogens is 5. The lowest BCUT2D eigenvalue weighted by molar-refractivity contribution is 0.00167. The third-order valence-corrected chi connectivity index (χ3v) is 8.60. The number of unbranched alkanes of at least 4 members (excludes halogenated alkanes) is 1. The quantitative estimate of drug-likeness (QED) is 0.161. The van der Waals surface area contributed by atoms with Gasteiger partial charge in [-0.2, -0.15) is 0 Å². The van der Waals surface area contributed by atoms with Crippen LogP contribution in [-0.2, 0) is 6.42 Å². The number of aliphatic hydroxyl groups is 2. The van der Waals surface area contributed by atoms with Crippen LogP contribution in [0.15, 0.2) is 30.7 Å². The van der Waals surface area contributed by atoms with E-state index < -0.39 is 12.2 Å². The van der Waals surface area contributed by atoms with Crippen LogP contribution in [0.4, 0.5) is 5.82 Å². The number of imidazole rings is 1. The lowest BCUT2D eigenvalue weighted by Crippen LogP contribution is -2.35. The highest BCUT2D eigenvalue weighted by molar-refractivity contribution is 6.42. The second-order valence-electron chi connectivity index (χ2n) is 10.8. The van der Waals surface area contributed by atoms with Gasteiger partial charge in [-0.1, -0.05) is 23.2 Å². The number of fused-ring (bicyclic) bond motifs is 2. The summed E-state index contributed by atoms with van der Waals surface area (Å²) in [4.78, 5) is 19.1. The predicted molar refractivity (Wildman–Crippen MR) is 172 cm³/mol. The first-order valence-electron chi connectivity index (χ1n) is 13.3. The van der Waals surface area contributed by atoms with E-state index in [1.807, 2.05) is 22.9 Å². The van der Waals surface area contributed by atoms with Crippen LogP contribution in [0, 0.1) is 5.92 Å². The molecule has 0 radical (unpaired) electrons. The van der Waals surface area contributed by atoms with Crippen LogP contribution >= 0.6 is 60.4 Å². The highest BCUT2D eigenvalue weighted by Gasteiger charge is 2.43. The first kappa shape index (κ1) is 33.9. The standard InChI is InChI=1S/C27H33Cl2N7O2.3ClH/c1-35(8-3-2-4-23-33-20-11-18(28)19(29)12-21(20)34-23)13-15-10-22(25(38)24(15)37)36-9-7-17-26(32-16-5-6-16)30-14-31-27(17)36;;;/h7,9,11-12,14-16,22,24-25,37-38H,2-6,8,10,13H2,1H3,(H,33,34)(H,30,31,32);3*1H/t15?,22-,24-,25+;;;/m1.../s1. The Morgan fingerprint density at radius 3 is 2.59 bits per heavy atom. The number of nitrogens with zero attached hydrogens (tertiary/aromatic N) is 5. The van der Waals surface area contributed by atoms with Gasteiger partial charge in [0, 0.05) is 31.1 Å². The van der Waals surface area contributed by atoms with Crippen molar-refractivity contribution in [3.8, 4) is 0 Å². The fourth-order valence-electron chi connectivity index (χ4n) is 5.67. The van der Waals surface area contributed by atoms with Crippen molar-refractivity contribution in [2.45, 2.75) is 62.8 Å². The van der Waals surface area contributed by atoms with Gasteiger partial charge in [0.25, 0.3) is 0 Å². The highest BCUT2D eigenvalue weighted by Crippen LogP contribution is 2.38. The van der Waals surface area contributed by atoms with Gasteiger partial charge in [0.15, 0.2) is 0 Å². The molecule has 0 spiro atoms. The van der Waals surface area contributed by atoms with Crippen LogP contribution in [0.3, 0.4) is 0 Å². The summed E-state index contributed by atoms with van der Waals surface area (Å²) in [5.41, 5.74) is 2.52. The molecule has 4 atom stereocenters. The first-order valence-corrected chi connectivity index (χ1v) is 14.1. The van der Waals surface area contributed by atoms with Gasteiger partial charge in [0.2, 0.25) is 0 Å². The molecule has 4 N–H and O–H groups in total. The molecule has 41 heavy (non-hydrogen) atoms. The number of anilines is 1. The zero-order valence-corrected chi connectivity index (χ0v) is 26.5. The molecule has 1 unspecified atom stereocenters. The van der Waals surface area contributed by atoms with Crippen molar-refractivity contribution in [3.63, 3.8) is 0 Å². The molecule has 14 heteroatoms. The Morgan fingerprint density at radius 2 is 1.83 bits per heavy atom. The number of aliphatic hydroxyl groups excluding tert-OH is 2. The van der Waals surface area contributed by atoms with Gasteiger partial charge in [-0.15, -0.1) is 37.2 Å². The highest BCUT2D eigenvalue weighted by atomic mass is 35.5. The normalized spacial score (nSPS) is 22.0. The number of hydrogen-bond donors (Lipinski definition) is 4. The minimum Gasteiger partial charge on any atom is -0.390 e. The molecule has 9 nitrogen and oxygen atoms in total. The number of rotatable bonds is 10. The lowest BCUT2D eigenvalue weighted by Gasteiger charge is -2.23. The maximum Gasteiger partial charge on any atom is 0.145 e. The topological polar surface area (TPSA) is 115 Å². The molecular weight excluding hydrogens is 632 g/mol. The van der Waals surface area contributed by atoms with E-state index in [0.717, 1.165) is 66.1 Å². The number of H-pyrrole nitrogens is 1. The molecule has 0 aliphatic heterocycles. The summed E-state index contributed by atoms with van der Waals surface area (Å²) in [6.45, 7) is 1.62. The van der Waals surface area contributed by atoms with Gasteiger partial charge in [-0.25, -0.2) is 15.0 Å². The van der Waals surface area contributed by atoms with E-state index in [0.29, 0.717) is 22.5 Å². The van der Waals surface area contributed by atoms with E-state index in [1.54, 1.807) is 12.4 Å². The van der Waals surface area contributed by atoms with E-state index in [4.69, 9.17) is 23.2 Å². The van der Waals surface area contributed by atoms with E-state index >= 15 is 0 Å². The molecule has 3 heterocycles. The van der Waals surface area contributed by atoms with Crippen molar-refractivity contribution in [1.82, 2.24) is 29.4 Å².